The number of halogens is 3. The number of aliphatic hydroxyl groups is 1. The van der Waals surface area contributed by atoms with Gasteiger partial charge < -0.3 is 9.84 Å². The highest BCUT2D eigenvalue weighted by Gasteiger charge is 2.34. The summed E-state index contributed by atoms with van der Waals surface area (Å²) in [4.78, 5) is 4.65. The van der Waals surface area contributed by atoms with Gasteiger partial charge in [0.05, 0.1) is 18.3 Å². The van der Waals surface area contributed by atoms with E-state index in [-0.39, 0.29) is 0 Å². The van der Waals surface area contributed by atoms with E-state index < -0.39 is 17.3 Å². The fourth-order valence-electron chi connectivity index (χ4n) is 5.18. The zero-order valence-corrected chi connectivity index (χ0v) is 20.4. The minimum Gasteiger partial charge on any atom is -0.497 e. The van der Waals surface area contributed by atoms with Crippen LogP contribution in [0.3, 0.4) is 0 Å². The fourth-order valence-corrected chi connectivity index (χ4v) is 5.18. The SMILES string of the molecule is COc1cccc(C(=CCN2CCN(Cc3ccc(C(F)(F)F)cc3)CC2)C2(O)CCCCC2)c1. The molecule has 4 rings (SSSR count). The van der Waals surface area contributed by atoms with E-state index in [4.69, 9.17) is 4.74 Å². The van der Waals surface area contributed by atoms with Crippen LogP contribution in [0, 0.1) is 0 Å². The first kappa shape index (κ1) is 25.7. The molecule has 0 amide bonds. The maximum absolute atomic E-state index is 12.8. The highest BCUT2D eigenvalue weighted by atomic mass is 19.4. The first-order valence-electron chi connectivity index (χ1n) is 12.5. The molecule has 0 unspecified atom stereocenters. The van der Waals surface area contributed by atoms with Gasteiger partial charge in [-0.05, 0) is 53.8 Å². The lowest BCUT2D eigenvalue weighted by molar-refractivity contribution is -0.137. The topological polar surface area (TPSA) is 35.9 Å². The fraction of sp³-hybridized carbons (Fsp3) is 0.500. The summed E-state index contributed by atoms with van der Waals surface area (Å²) in [6, 6.07) is 13.4. The Balaban J connectivity index is 1.38. The van der Waals surface area contributed by atoms with E-state index in [0.29, 0.717) is 6.54 Å². The minimum absolute atomic E-state index is 0.607. The summed E-state index contributed by atoms with van der Waals surface area (Å²) < 4.78 is 43.8. The molecule has 1 saturated heterocycles. The van der Waals surface area contributed by atoms with Crippen molar-refractivity contribution in [1.29, 1.82) is 0 Å². The number of hydrogen-bond donors (Lipinski definition) is 1. The maximum Gasteiger partial charge on any atom is 0.416 e. The molecular weight excluding hydrogens is 453 g/mol. The van der Waals surface area contributed by atoms with Gasteiger partial charge in [0, 0.05) is 39.3 Å². The van der Waals surface area contributed by atoms with Gasteiger partial charge in [0.1, 0.15) is 5.75 Å². The molecule has 7 heteroatoms. The smallest absolute Gasteiger partial charge is 0.416 e. The average molecular weight is 489 g/mol. The summed E-state index contributed by atoms with van der Waals surface area (Å²) in [5.41, 5.74) is 1.48. The molecule has 1 saturated carbocycles. The van der Waals surface area contributed by atoms with Crippen molar-refractivity contribution in [3.63, 3.8) is 0 Å². The highest BCUT2D eigenvalue weighted by molar-refractivity contribution is 5.73. The Hall–Kier alpha value is -2.35. The average Bonchev–Trinajstić information content (AvgIpc) is 2.85. The van der Waals surface area contributed by atoms with Gasteiger partial charge in [-0.15, -0.1) is 0 Å². The molecule has 1 heterocycles. The largest absolute Gasteiger partial charge is 0.497 e. The van der Waals surface area contributed by atoms with Gasteiger partial charge >= 0.3 is 6.18 Å². The number of methoxy groups -OCH3 is 1. The van der Waals surface area contributed by atoms with Crippen LogP contribution in [0.2, 0.25) is 0 Å². The van der Waals surface area contributed by atoms with Crippen molar-refractivity contribution in [3.05, 3.63) is 71.3 Å². The van der Waals surface area contributed by atoms with E-state index in [0.717, 1.165) is 99.4 Å². The van der Waals surface area contributed by atoms with Gasteiger partial charge in [-0.2, -0.15) is 13.2 Å². The summed E-state index contributed by atoms with van der Waals surface area (Å²) in [6.07, 6.45) is 2.65. The van der Waals surface area contributed by atoms with Crippen LogP contribution in [0.5, 0.6) is 5.75 Å². The van der Waals surface area contributed by atoms with Crippen molar-refractivity contribution < 1.29 is 23.0 Å². The number of hydrogen-bond acceptors (Lipinski definition) is 4. The third-order valence-electron chi connectivity index (χ3n) is 7.27. The molecule has 2 aliphatic rings. The summed E-state index contributed by atoms with van der Waals surface area (Å²) in [5, 5.41) is 11.5. The molecule has 2 aromatic rings. The van der Waals surface area contributed by atoms with E-state index in [2.05, 4.69) is 15.9 Å². The molecule has 0 spiro atoms. The van der Waals surface area contributed by atoms with Crippen LogP contribution in [0.4, 0.5) is 13.2 Å². The molecule has 1 N–H and O–H groups in total. The zero-order valence-electron chi connectivity index (χ0n) is 20.4. The number of piperazine rings is 1. The standard InChI is InChI=1S/C28H35F3N2O2/c1-35-25-7-5-6-23(20-25)26(27(34)13-3-2-4-14-27)12-15-32-16-18-33(19-17-32)21-22-8-10-24(11-9-22)28(29,30)31/h5-12,20,34H,2-4,13-19,21H2,1H3. The van der Waals surface area contributed by atoms with Gasteiger partial charge in [-0.3, -0.25) is 9.80 Å². The molecule has 4 nitrogen and oxygen atoms in total. The van der Waals surface area contributed by atoms with Crippen molar-refractivity contribution >= 4 is 5.57 Å². The Morgan fingerprint density at radius 3 is 2.26 bits per heavy atom. The lowest BCUT2D eigenvalue weighted by Gasteiger charge is -2.37. The number of nitrogens with zero attached hydrogens (tertiary/aromatic N) is 2. The van der Waals surface area contributed by atoms with Gasteiger partial charge in [0.2, 0.25) is 0 Å². The molecule has 1 aliphatic carbocycles. The van der Waals surface area contributed by atoms with Crippen LogP contribution in [-0.2, 0) is 12.7 Å². The molecule has 0 radical (unpaired) electrons. The van der Waals surface area contributed by atoms with Crippen molar-refractivity contribution in [2.75, 3.05) is 39.8 Å². The van der Waals surface area contributed by atoms with E-state index in [1.54, 1.807) is 19.2 Å². The van der Waals surface area contributed by atoms with Crippen molar-refractivity contribution in [1.82, 2.24) is 9.80 Å². The Kier molecular flexibility index (Phi) is 8.19. The molecule has 0 bridgehead atoms. The lowest BCUT2D eigenvalue weighted by Crippen LogP contribution is -2.46. The third-order valence-corrected chi connectivity index (χ3v) is 7.27. The van der Waals surface area contributed by atoms with Crippen molar-refractivity contribution in [2.45, 2.75) is 50.4 Å². The second-order valence-electron chi connectivity index (χ2n) is 9.71. The molecule has 0 aromatic heterocycles. The van der Waals surface area contributed by atoms with E-state index in [9.17, 15) is 18.3 Å². The predicted octanol–water partition coefficient (Wildman–Crippen LogP) is 5.61. The van der Waals surface area contributed by atoms with Crippen LogP contribution in [0.1, 0.15) is 48.8 Å². The predicted molar refractivity (Wildman–Crippen MR) is 132 cm³/mol. The molecule has 0 atom stereocenters. The van der Waals surface area contributed by atoms with Gasteiger partial charge in [-0.25, -0.2) is 0 Å². The first-order chi connectivity index (χ1) is 16.8. The molecule has 2 aromatic carbocycles. The summed E-state index contributed by atoms with van der Waals surface area (Å²) in [7, 11) is 1.65. The Morgan fingerprint density at radius 1 is 0.971 bits per heavy atom. The summed E-state index contributed by atoms with van der Waals surface area (Å²) in [6.45, 7) is 4.86. The van der Waals surface area contributed by atoms with Crippen LogP contribution in [-0.4, -0.2) is 60.3 Å². The molecule has 190 valence electrons. The minimum atomic E-state index is -4.30. The Morgan fingerprint density at radius 2 is 1.63 bits per heavy atom. The number of benzene rings is 2. The van der Waals surface area contributed by atoms with E-state index in [1.807, 2.05) is 24.3 Å². The van der Waals surface area contributed by atoms with Gasteiger partial charge in [0.25, 0.3) is 0 Å². The normalized spacial score (nSPS) is 20.1. The second kappa shape index (κ2) is 11.1. The van der Waals surface area contributed by atoms with Crippen LogP contribution >= 0.6 is 0 Å². The van der Waals surface area contributed by atoms with Crippen molar-refractivity contribution in [2.24, 2.45) is 0 Å². The van der Waals surface area contributed by atoms with Crippen LogP contribution in [0.25, 0.3) is 5.57 Å². The molecular formula is C28H35F3N2O2. The molecule has 1 aliphatic heterocycles. The van der Waals surface area contributed by atoms with Crippen molar-refractivity contribution in [3.8, 4) is 5.75 Å². The molecule has 35 heavy (non-hydrogen) atoms. The third kappa shape index (κ3) is 6.66. The van der Waals surface area contributed by atoms with Gasteiger partial charge in [-0.1, -0.05) is 49.6 Å². The number of alkyl halides is 3. The monoisotopic (exact) mass is 488 g/mol. The first-order valence-corrected chi connectivity index (χ1v) is 12.5. The zero-order chi connectivity index (χ0) is 24.9. The Bertz CT molecular complexity index is 990. The van der Waals surface area contributed by atoms with E-state index in [1.165, 1.54) is 0 Å². The Labute approximate surface area is 206 Å². The lowest BCUT2D eigenvalue weighted by atomic mass is 9.76. The molecule has 2 fully saturated rings. The van der Waals surface area contributed by atoms with Crippen LogP contribution < -0.4 is 4.74 Å². The summed E-state index contributed by atoms with van der Waals surface area (Å²) >= 11 is 0. The quantitative estimate of drug-likeness (QED) is 0.550. The number of ether oxygens (including phenoxy) is 1. The van der Waals surface area contributed by atoms with Crippen LogP contribution in [0.15, 0.2) is 54.6 Å². The van der Waals surface area contributed by atoms with Gasteiger partial charge in [0.15, 0.2) is 0 Å². The number of rotatable bonds is 7. The van der Waals surface area contributed by atoms with E-state index >= 15 is 0 Å². The summed E-state index contributed by atoms with van der Waals surface area (Å²) in [5.74, 6) is 0.782. The highest BCUT2D eigenvalue weighted by Crippen LogP contribution is 2.40. The maximum atomic E-state index is 12.8. The second-order valence-corrected chi connectivity index (χ2v) is 9.71.